The van der Waals surface area contributed by atoms with Crippen molar-refractivity contribution in [3.63, 3.8) is 0 Å². The monoisotopic (exact) mass is 316 g/mol. The predicted octanol–water partition coefficient (Wildman–Crippen LogP) is 2.84. The van der Waals surface area contributed by atoms with Gasteiger partial charge in [0.2, 0.25) is 5.76 Å². The number of aromatic nitrogens is 2. The Labute approximate surface area is 135 Å². The van der Waals surface area contributed by atoms with Crippen LogP contribution in [0.3, 0.4) is 0 Å². The molecule has 0 saturated heterocycles. The zero-order valence-electron chi connectivity index (χ0n) is 13.9. The number of esters is 1. The van der Waals surface area contributed by atoms with Crippen LogP contribution >= 0.6 is 0 Å². The van der Waals surface area contributed by atoms with Crippen LogP contribution in [0, 0.1) is 20.8 Å². The predicted molar refractivity (Wildman–Crippen MR) is 85.5 cm³/mol. The molecule has 0 aliphatic carbocycles. The number of ether oxygens (including phenoxy) is 3. The standard InChI is InChI=1S/C17H20N2O4/c1-11-8-12(2)15(23-16(10-21-4)17(20)22-5)9-14(11)19-7-6-13(3)18-19/h6-10H,1-5H3/b16-10-. The lowest BCUT2D eigenvalue weighted by Gasteiger charge is -2.14. The lowest BCUT2D eigenvalue weighted by molar-refractivity contribution is -0.138. The minimum Gasteiger partial charge on any atom is -0.500 e. The van der Waals surface area contributed by atoms with Gasteiger partial charge in [-0.1, -0.05) is 6.07 Å². The number of carbonyl (C=O) groups is 1. The van der Waals surface area contributed by atoms with E-state index in [-0.39, 0.29) is 5.76 Å². The quantitative estimate of drug-likeness (QED) is 0.482. The van der Waals surface area contributed by atoms with E-state index in [4.69, 9.17) is 9.47 Å². The van der Waals surface area contributed by atoms with E-state index >= 15 is 0 Å². The molecular weight excluding hydrogens is 296 g/mol. The molecule has 0 unspecified atom stereocenters. The Hall–Kier alpha value is -2.76. The second kappa shape index (κ2) is 7.00. The largest absolute Gasteiger partial charge is 0.500 e. The third-order valence-electron chi connectivity index (χ3n) is 3.29. The summed E-state index contributed by atoms with van der Waals surface area (Å²) in [6.45, 7) is 5.83. The minimum atomic E-state index is -0.608. The molecule has 1 aromatic heterocycles. The molecule has 0 atom stereocenters. The Morgan fingerprint density at radius 1 is 1.17 bits per heavy atom. The summed E-state index contributed by atoms with van der Waals surface area (Å²) in [5.41, 5.74) is 3.73. The Morgan fingerprint density at radius 3 is 2.48 bits per heavy atom. The molecule has 0 aliphatic rings. The summed E-state index contributed by atoms with van der Waals surface area (Å²) in [4.78, 5) is 11.7. The molecule has 0 radical (unpaired) electrons. The number of aryl methyl sites for hydroxylation is 3. The van der Waals surface area contributed by atoms with E-state index in [2.05, 4.69) is 9.84 Å². The van der Waals surface area contributed by atoms with Crippen LogP contribution in [0.25, 0.3) is 5.69 Å². The summed E-state index contributed by atoms with van der Waals surface area (Å²) >= 11 is 0. The summed E-state index contributed by atoms with van der Waals surface area (Å²) in [6.07, 6.45) is 3.09. The highest BCUT2D eigenvalue weighted by atomic mass is 16.6. The molecule has 0 saturated carbocycles. The Bertz CT molecular complexity index is 747. The lowest BCUT2D eigenvalue weighted by atomic mass is 10.1. The zero-order valence-corrected chi connectivity index (χ0v) is 13.9. The van der Waals surface area contributed by atoms with Gasteiger partial charge >= 0.3 is 5.97 Å². The van der Waals surface area contributed by atoms with Crippen LogP contribution in [-0.4, -0.2) is 30.0 Å². The highest BCUT2D eigenvalue weighted by Crippen LogP contribution is 2.27. The van der Waals surface area contributed by atoms with Crippen LogP contribution in [0.1, 0.15) is 16.8 Å². The third kappa shape index (κ3) is 3.71. The Kier molecular flexibility index (Phi) is 5.05. The fourth-order valence-electron chi connectivity index (χ4n) is 2.17. The molecule has 0 aliphatic heterocycles. The van der Waals surface area contributed by atoms with Gasteiger partial charge in [-0.15, -0.1) is 0 Å². The van der Waals surface area contributed by atoms with Crippen molar-refractivity contribution in [3.8, 4) is 11.4 Å². The summed E-state index contributed by atoms with van der Waals surface area (Å²) in [7, 11) is 2.72. The number of rotatable bonds is 5. The van der Waals surface area contributed by atoms with E-state index in [0.717, 1.165) is 22.5 Å². The normalized spacial score (nSPS) is 11.3. The molecule has 2 rings (SSSR count). The van der Waals surface area contributed by atoms with Crippen molar-refractivity contribution in [2.45, 2.75) is 20.8 Å². The van der Waals surface area contributed by atoms with Crippen LogP contribution in [0.15, 0.2) is 36.4 Å². The van der Waals surface area contributed by atoms with Crippen molar-refractivity contribution in [1.82, 2.24) is 9.78 Å². The minimum absolute atomic E-state index is 0.0236. The van der Waals surface area contributed by atoms with Crippen LogP contribution < -0.4 is 4.74 Å². The van der Waals surface area contributed by atoms with Gasteiger partial charge in [0.05, 0.1) is 25.6 Å². The van der Waals surface area contributed by atoms with Gasteiger partial charge in [-0.05, 0) is 38.0 Å². The summed E-state index contributed by atoms with van der Waals surface area (Å²) in [5.74, 6) is -0.0969. The smallest absolute Gasteiger partial charge is 0.377 e. The van der Waals surface area contributed by atoms with E-state index in [9.17, 15) is 4.79 Å². The van der Waals surface area contributed by atoms with Gasteiger partial charge in [0.15, 0.2) is 0 Å². The van der Waals surface area contributed by atoms with Crippen molar-refractivity contribution in [2.24, 2.45) is 0 Å². The summed E-state index contributed by atoms with van der Waals surface area (Å²) in [6, 6.07) is 5.73. The van der Waals surface area contributed by atoms with Gasteiger partial charge in [-0.25, -0.2) is 9.48 Å². The first-order valence-electron chi connectivity index (χ1n) is 7.09. The molecule has 1 aromatic carbocycles. The van der Waals surface area contributed by atoms with E-state index in [1.807, 2.05) is 45.2 Å². The van der Waals surface area contributed by atoms with Crippen LogP contribution in [-0.2, 0) is 14.3 Å². The first kappa shape index (κ1) is 16.6. The topological polar surface area (TPSA) is 62.6 Å². The van der Waals surface area contributed by atoms with Gasteiger partial charge in [-0.3, -0.25) is 0 Å². The van der Waals surface area contributed by atoms with E-state index in [1.165, 1.54) is 20.5 Å². The third-order valence-corrected chi connectivity index (χ3v) is 3.29. The Morgan fingerprint density at radius 2 is 1.91 bits per heavy atom. The number of methoxy groups -OCH3 is 2. The first-order chi connectivity index (χ1) is 11.0. The molecule has 2 aromatic rings. The molecule has 23 heavy (non-hydrogen) atoms. The van der Waals surface area contributed by atoms with Gasteiger partial charge in [0.25, 0.3) is 0 Å². The van der Waals surface area contributed by atoms with Crippen molar-refractivity contribution >= 4 is 5.97 Å². The van der Waals surface area contributed by atoms with Crippen molar-refractivity contribution in [1.29, 1.82) is 0 Å². The number of hydrogen-bond donors (Lipinski definition) is 0. The molecule has 1 heterocycles. The number of carbonyl (C=O) groups excluding carboxylic acids is 1. The second-order valence-corrected chi connectivity index (χ2v) is 5.12. The molecule has 0 bridgehead atoms. The average Bonchev–Trinajstić information content (AvgIpc) is 2.94. The lowest BCUT2D eigenvalue weighted by Crippen LogP contribution is -2.12. The number of hydrogen-bond acceptors (Lipinski definition) is 5. The van der Waals surface area contributed by atoms with Crippen molar-refractivity contribution < 1.29 is 19.0 Å². The molecule has 122 valence electrons. The van der Waals surface area contributed by atoms with Gasteiger partial charge < -0.3 is 14.2 Å². The maximum atomic E-state index is 11.7. The van der Waals surface area contributed by atoms with E-state index in [0.29, 0.717) is 5.75 Å². The zero-order chi connectivity index (χ0) is 17.0. The molecule has 0 spiro atoms. The van der Waals surface area contributed by atoms with Gasteiger partial charge in [0.1, 0.15) is 12.0 Å². The van der Waals surface area contributed by atoms with Crippen LogP contribution in [0.4, 0.5) is 0 Å². The first-order valence-corrected chi connectivity index (χ1v) is 7.09. The highest BCUT2D eigenvalue weighted by molar-refractivity contribution is 5.86. The molecule has 0 amide bonds. The number of nitrogens with zero attached hydrogens (tertiary/aromatic N) is 2. The molecule has 0 N–H and O–H groups in total. The van der Waals surface area contributed by atoms with E-state index < -0.39 is 5.97 Å². The van der Waals surface area contributed by atoms with Crippen molar-refractivity contribution in [2.75, 3.05) is 14.2 Å². The fraction of sp³-hybridized carbons (Fsp3) is 0.294. The van der Waals surface area contributed by atoms with Crippen LogP contribution in [0.5, 0.6) is 5.75 Å². The van der Waals surface area contributed by atoms with Crippen LogP contribution in [0.2, 0.25) is 0 Å². The molecule has 0 fully saturated rings. The fourth-order valence-corrected chi connectivity index (χ4v) is 2.17. The maximum Gasteiger partial charge on any atom is 0.377 e. The van der Waals surface area contributed by atoms with Crippen molar-refractivity contribution in [3.05, 3.63) is 53.2 Å². The molecule has 6 heteroatoms. The summed E-state index contributed by atoms with van der Waals surface area (Å²) < 4.78 is 17.0. The highest BCUT2D eigenvalue weighted by Gasteiger charge is 2.16. The second-order valence-electron chi connectivity index (χ2n) is 5.12. The molecule has 6 nitrogen and oxygen atoms in total. The summed E-state index contributed by atoms with van der Waals surface area (Å²) in [5, 5.41) is 4.41. The molecular formula is C17H20N2O4. The maximum absolute atomic E-state index is 11.7. The van der Waals surface area contributed by atoms with Gasteiger partial charge in [0, 0.05) is 12.3 Å². The SMILES string of the molecule is CO/C=C(\Oc1cc(-n2ccc(C)n2)c(C)cc1C)C(=O)OC. The number of benzene rings is 1. The Balaban J connectivity index is 2.43. The van der Waals surface area contributed by atoms with E-state index in [1.54, 1.807) is 4.68 Å². The van der Waals surface area contributed by atoms with Gasteiger partial charge in [-0.2, -0.15) is 5.10 Å². The average molecular weight is 316 g/mol.